The van der Waals surface area contributed by atoms with E-state index in [1.165, 1.54) is 11.1 Å². The maximum Gasteiger partial charge on any atom is 0.198 e. The molecule has 0 unspecified atom stereocenters. The van der Waals surface area contributed by atoms with E-state index in [4.69, 9.17) is 21.7 Å². The van der Waals surface area contributed by atoms with Gasteiger partial charge in [0.05, 0.1) is 20.9 Å². The van der Waals surface area contributed by atoms with E-state index >= 15 is 0 Å². The molecule has 0 N–H and O–H groups in total. The topological polar surface area (TPSA) is 44.5 Å². The molecule has 0 fully saturated rings. The molecular formula is C15H20N4O2S. The van der Waals surface area contributed by atoms with Crippen molar-refractivity contribution in [3.8, 4) is 11.5 Å². The minimum Gasteiger partial charge on any atom is -0.493 e. The Bertz CT molecular complexity index is 738. The third-order valence-corrected chi connectivity index (χ3v) is 4.52. The van der Waals surface area contributed by atoms with Gasteiger partial charge in [0.2, 0.25) is 0 Å². The monoisotopic (exact) mass is 320 g/mol. The number of rotatable bonds is 4. The Labute approximate surface area is 134 Å². The average molecular weight is 320 g/mol. The number of nitrogens with zero attached hydrogens (tertiary/aromatic N) is 4. The highest BCUT2D eigenvalue weighted by molar-refractivity contribution is 7.71. The van der Waals surface area contributed by atoms with Gasteiger partial charge in [-0.1, -0.05) is 0 Å². The quantitative estimate of drug-likeness (QED) is 0.806. The van der Waals surface area contributed by atoms with E-state index in [-0.39, 0.29) is 0 Å². The Balaban J connectivity index is 1.81. The largest absolute Gasteiger partial charge is 0.493 e. The lowest BCUT2D eigenvalue weighted by molar-refractivity contribution is 0.187. The molecule has 1 aromatic heterocycles. The highest BCUT2D eigenvalue weighted by atomic mass is 32.1. The number of fused-ring (bicyclic) bond motifs is 1. The third kappa shape index (κ3) is 2.74. The van der Waals surface area contributed by atoms with Crippen molar-refractivity contribution in [3.05, 3.63) is 34.4 Å². The third-order valence-electron chi connectivity index (χ3n) is 4.02. The van der Waals surface area contributed by atoms with Crippen LogP contribution in [0.1, 0.15) is 11.1 Å². The highest BCUT2D eigenvalue weighted by Gasteiger charge is 2.20. The van der Waals surface area contributed by atoms with Crippen molar-refractivity contribution in [2.24, 2.45) is 7.05 Å². The summed E-state index contributed by atoms with van der Waals surface area (Å²) in [5.41, 5.74) is 2.59. The molecule has 0 aliphatic carbocycles. The molecule has 2 aromatic rings. The maximum atomic E-state index is 5.40. The van der Waals surface area contributed by atoms with Crippen LogP contribution in [0.3, 0.4) is 0 Å². The van der Waals surface area contributed by atoms with Gasteiger partial charge in [0.1, 0.15) is 6.33 Å². The number of hydrogen-bond donors (Lipinski definition) is 0. The standard InChI is InChI=1S/C15H20N4O2S/c1-17-9-16-19(15(17)22)10-18-5-4-11-6-13(20-2)14(21-3)7-12(11)8-18/h6-7,9H,4-5,8,10H2,1-3H3. The van der Waals surface area contributed by atoms with Crippen LogP contribution in [0.25, 0.3) is 0 Å². The Kier molecular flexibility index (Phi) is 4.17. The summed E-state index contributed by atoms with van der Waals surface area (Å²) < 4.78 is 15.2. The van der Waals surface area contributed by atoms with Gasteiger partial charge in [-0.15, -0.1) is 0 Å². The van der Waals surface area contributed by atoms with Crippen LogP contribution in [0, 0.1) is 4.77 Å². The molecule has 2 heterocycles. The van der Waals surface area contributed by atoms with Gasteiger partial charge in [0, 0.05) is 20.1 Å². The van der Waals surface area contributed by atoms with Crippen LogP contribution in [-0.2, 0) is 26.7 Å². The highest BCUT2D eigenvalue weighted by Crippen LogP contribution is 2.33. The van der Waals surface area contributed by atoms with E-state index in [9.17, 15) is 0 Å². The fraction of sp³-hybridized carbons (Fsp3) is 0.467. The molecule has 7 heteroatoms. The van der Waals surface area contributed by atoms with Crippen LogP contribution in [0.15, 0.2) is 18.5 Å². The zero-order chi connectivity index (χ0) is 15.7. The van der Waals surface area contributed by atoms with Crippen LogP contribution in [-0.4, -0.2) is 40.0 Å². The molecule has 1 aliphatic heterocycles. The molecular weight excluding hydrogens is 300 g/mol. The normalized spacial score (nSPS) is 14.7. The van der Waals surface area contributed by atoms with E-state index in [0.717, 1.165) is 35.8 Å². The summed E-state index contributed by atoms with van der Waals surface area (Å²) in [7, 11) is 5.24. The lowest BCUT2D eigenvalue weighted by Crippen LogP contribution is -2.32. The predicted octanol–water partition coefficient (Wildman–Crippen LogP) is 1.98. The first-order chi connectivity index (χ1) is 10.6. The molecule has 0 saturated heterocycles. The van der Waals surface area contributed by atoms with Crippen LogP contribution in [0.4, 0.5) is 0 Å². The van der Waals surface area contributed by atoms with Gasteiger partial charge >= 0.3 is 0 Å². The Hall–Kier alpha value is -1.86. The number of aryl methyl sites for hydroxylation is 1. The second-order valence-electron chi connectivity index (χ2n) is 5.44. The predicted molar refractivity (Wildman–Crippen MR) is 85.7 cm³/mol. The Morgan fingerprint density at radius 3 is 2.45 bits per heavy atom. The van der Waals surface area contributed by atoms with E-state index in [1.807, 2.05) is 16.3 Å². The molecule has 3 rings (SSSR count). The smallest absolute Gasteiger partial charge is 0.198 e. The summed E-state index contributed by atoms with van der Waals surface area (Å²) in [6.07, 6.45) is 2.73. The lowest BCUT2D eigenvalue weighted by Gasteiger charge is -2.29. The molecule has 0 amide bonds. The first kappa shape index (κ1) is 15.1. The lowest BCUT2D eigenvalue weighted by atomic mass is 9.99. The van der Waals surface area contributed by atoms with Crippen molar-refractivity contribution >= 4 is 12.2 Å². The maximum absolute atomic E-state index is 5.40. The first-order valence-corrected chi connectivity index (χ1v) is 7.57. The fourth-order valence-electron chi connectivity index (χ4n) is 2.77. The summed E-state index contributed by atoms with van der Waals surface area (Å²) in [5.74, 6) is 1.57. The van der Waals surface area contributed by atoms with Gasteiger partial charge in [-0.3, -0.25) is 4.90 Å². The van der Waals surface area contributed by atoms with Crippen molar-refractivity contribution < 1.29 is 9.47 Å². The number of hydrogen-bond acceptors (Lipinski definition) is 5. The van der Waals surface area contributed by atoms with E-state index in [2.05, 4.69) is 22.1 Å². The van der Waals surface area contributed by atoms with E-state index in [1.54, 1.807) is 20.5 Å². The molecule has 0 saturated carbocycles. The zero-order valence-electron chi connectivity index (χ0n) is 13.1. The molecule has 6 nitrogen and oxygen atoms in total. The van der Waals surface area contributed by atoms with Gasteiger partial charge in [0.25, 0.3) is 0 Å². The fourth-order valence-corrected chi connectivity index (χ4v) is 2.92. The summed E-state index contributed by atoms with van der Waals surface area (Å²) in [6.45, 7) is 2.53. The molecule has 0 radical (unpaired) electrons. The van der Waals surface area contributed by atoms with Crippen molar-refractivity contribution in [1.29, 1.82) is 0 Å². The van der Waals surface area contributed by atoms with Crippen molar-refractivity contribution in [2.45, 2.75) is 19.6 Å². The van der Waals surface area contributed by atoms with Crippen molar-refractivity contribution in [1.82, 2.24) is 19.2 Å². The summed E-state index contributed by atoms with van der Waals surface area (Å²) >= 11 is 5.35. The summed E-state index contributed by atoms with van der Waals surface area (Å²) in [5, 5.41) is 4.32. The number of benzene rings is 1. The van der Waals surface area contributed by atoms with Crippen molar-refractivity contribution in [3.63, 3.8) is 0 Å². The van der Waals surface area contributed by atoms with Crippen LogP contribution >= 0.6 is 12.2 Å². The van der Waals surface area contributed by atoms with Crippen LogP contribution in [0.2, 0.25) is 0 Å². The number of ether oxygens (including phenoxy) is 2. The van der Waals surface area contributed by atoms with Gasteiger partial charge in [-0.05, 0) is 41.9 Å². The van der Waals surface area contributed by atoms with E-state index < -0.39 is 0 Å². The van der Waals surface area contributed by atoms with Gasteiger partial charge in [-0.25, -0.2) is 4.68 Å². The SMILES string of the molecule is COc1cc2c(cc1OC)CN(Cn1ncn(C)c1=S)CC2. The molecule has 1 aliphatic rings. The van der Waals surface area contributed by atoms with Crippen LogP contribution in [0.5, 0.6) is 11.5 Å². The molecule has 1 aromatic carbocycles. The second-order valence-corrected chi connectivity index (χ2v) is 5.81. The van der Waals surface area contributed by atoms with Crippen molar-refractivity contribution in [2.75, 3.05) is 20.8 Å². The molecule has 118 valence electrons. The van der Waals surface area contributed by atoms with Gasteiger partial charge in [0.15, 0.2) is 16.3 Å². The van der Waals surface area contributed by atoms with Gasteiger partial charge < -0.3 is 14.0 Å². The summed E-state index contributed by atoms with van der Waals surface area (Å²) in [4.78, 5) is 2.33. The second kappa shape index (κ2) is 6.10. The molecule has 0 atom stereocenters. The Morgan fingerprint density at radius 2 is 1.86 bits per heavy atom. The minimum absolute atomic E-state index is 0.702. The zero-order valence-corrected chi connectivity index (χ0v) is 13.9. The number of methoxy groups -OCH3 is 2. The average Bonchev–Trinajstić information content (AvgIpc) is 2.85. The molecule has 0 bridgehead atoms. The molecule has 0 spiro atoms. The van der Waals surface area contributed by atoms with Gasteiger partial charge in [-0.2, -0.15) is 5.10 Å². The van der Waals surface area contributed by atoms with E-state index in [0.29, 0.717) is 6.67 Å². The first-order valence-electron chi connectivity index (χ1n) is 7.17. The number of aromatic nitrogens is 3. The minimum atomic E-state index is 0.702. The Morgan fingerprint density at radius 1 is 1.18 bits per heavy atom. The summed E-state index contributed by atoms with van der Waals surface area (Å²) in [6, 6.07) is 4.15. The van der Waals surface area contributed by atoms with Crippen LogP contribution < -0.4 is 9.47 Å². The molecule has 22 heavy (non-hydrogen) atoms.